The summed E-state index contributed by atoms with van der Waals surface area (Å²) in [7, 11) is -3.70. The molecule has 0 aliphatic heterocycles. The summed E-state index contributed by atoms with van der Waals surface area (Å²) in [6.45, 7) is 1.91. The largest absolute Gasteiger partial charge is 0.372 e. The highest BCUT2D eigenvalue weighted by Gasteiger charge is 2.26. The van der Waals surface area contributed by atoms with Crippen LogP contribution in [0.4, 0.5) is 11.4 Å². The van der Waals surface area contributed by atoms with Gasteiger partial charge in [0.1, 0.15) is 10.6 Å². The molecular formula is C12H13N3O5S. The van der Waals surface area contributed by atoms with Crippen LogP contribution in [0.2, 0.25) is 0 Å². The molecule has 2 aromatic rings. The summed E-state index contributed by atoms with van der Waals surface area (Å²) >= 11 is 0. The predicted octanol–water partition coefficient (Wildman–Crippen LogP) is 1.91. The van der Waals surface area contributed by atoms with E-state index < -0.39 is 20.4 Å². The third-order valence-corrected chi connectivity index (χ3v) is 3.84. The fraction of sp³-hybridized carbons (Fsp3) is 0.250. The molecule has 1 N–H and O–H groups in total. The van der Waals surface area contributed by atoms with Gasteiger partial charge in [-0.2, -0.15) is 0 Å². The molecule has 0 aliphatic rings. The number of hydrogen-bond acceptors (Lipinski definition) is 7. The van der Waals surface area contributed by atoms with Crippen molar-refractivity contribution in [2.45, 2.75) is 18.4 Å². The number of rotatable bonds is 5. The number of hydrogen-bond donors (Lipinski definition) is 1. The highest BCUT2D eigenvalue weighted by atomic mass is 32.2. The van der Waals surface area contributed by atoms with E-state index in [0.29, 0.717) is 11.5 Å². The molecule has 0 saturated carbocycles. The van der Waals surface area contributed by atoms with Gasteiger partial charge in [0.25, 0.3) is 0 Å². The van der Waals surface area contributed by atoms with Crippen molar-refractivity contribution in [3.05, 3.63) is 45.8 Å². The SMILES string of the molecule is Cc1cc(CNc2cccc(S(C)(=O)=O)c2[N+](=O)[O-])on1. The van der Waals surface area contributed by atoms with Gasteiger partial charge in [-0.05, 0) is 19.1 Å². The number of nitro groups is 1. The van der Waals surface area contributed by atoms with E-state index in [1.807, 2.05) is 0 Å². The van der Waals surface area contributed by atoms with Gasteiger partial charge in [-0.25, -0.2) is 8.42 Å². The third kappa shape index (κ3) is 3.37. The fourth-order valence-corrected chi connectivity index (χ4v) is 2.70. The lowest BCUT2D eigenvalue weighted by Gasteiger charge is -2.08. The van der Waals surface area contributed by atoms with Gasteiger partial charge < -0.3 is 9.84 Å². The summed E-state index contributed by atoms with van der Waals surface area (Å²) in [6, 6.07) is 5.77. The molecule has 1 aromatic carbocycles. The number of nitrogens with one attached hydrogen (secondary N) is 1. The Hall–Kier alpha value is -2.42. The van der Waals surface area contributed by atoms with E-state index in [9.17, 15) is 18.5 Å². The van der Waals surface area contributed by atoms with Gasteiger partial charge in [0, 0.05) is 12.3 Å². The molecule has 0 unspecified atom stereocenters. The van der Waals surface area contributed by atoms with Gasteiger partial charge in [0.2, 0.25) is 0 Å². The third-order valence-electron chi connectivity index (χ3n) is 2.71. The maximum atomic E-state index is 11.6. The van der Waals surface area contributed by atoms with Crippen molar-refractivity contribution in [3.63, 3.8) is 0 Å². The molecule has 21 heavy (non-hydrogen) atoms. The van der Waals surface area contributed by atoms with E-state index >= 15 is 0 Å². The van der Waals surface area contributed by atoms with Gasteiger partial charge >= 0.3 is 5.69 Å². The fourth-order valence-electron chi connectivity index (χ4n) is 1.83. The second kappa shape index (κ2) is 5.52. The summed E-state index contributed by atoms with van der Waals surface area (Å²) < 4.78 is 28.2. The average Bonchev–Trinajstić information content (AvgIpc) is 2.80. The maximum Gasteiger partial charge on any atom is 0.310 e. The van der Waals surface area contributed by atoms with Crippen molar-refractivity contribution >= 4 is 21.2 Å². The number of nitro benzene ring substituents is 1. The topological polar surface area (TPSA) is 115 Å². The Kier molecular flexibility index (Phi) is 3.94. The molecule has 0 aliphatic carbocycles. The Morgan fingerprint density at radius 1 is 1.43 bits per heavy atom. The molecule has 0 bridgehead atoms. The summed E-state index contributed by atoms with van der Waals surface area (Å²) in [5, 5.41) is 17.7. The van der Waals surface area contributed by atoms with Gasteiger partial charge in [0.15, 0.2) is 15.6 Å². The first-order chi connectivity index (χ1) is 9.79. The summed E-state index contributed by atoms with van der Waals surface area (Å²) in [6.07, 6.45) is 0.929. The molecule has 0 spiro atoms. The minimum absolute atomic E-state index is 0.108. The molecule has 2 rings (SSSR count). The molecule has 0 atom stereocenters. The smallest absolute Gasteiger partial charge is 0.310 e. The molecule has 1 aromatic heterocycles. The highest BCUT2D eigenvalue weighted by molar-refractivity contribution is 7.90. The second-order valence-corrected chi connectivity index (χ2v) is 6.45. The lowest BCUT2D eigenvalue weighted by atomic mass is 10.2. The molecule has 0 saturated heterocycles. The van der Waals surface area contributed by atoms with Gasteiger partial charge in [-0.3, -0.25) is 10.1 Å². The highest BCUT2D eigenvalue weighted by Crippen LogP contribution is 2.32. The van der Waals surface area contributed by atoms with Crippen LogP contribution in [-0.2, 0) is 16.4 Å². The van der Waals surface area contributed by atoms with E-state index in [1.54, 1.807) is 13.0 Å². The zero-order chi connectivity index (χ0) is 15.6. The number of nitrogens with zero attached hydrogens (tertiary/aromatic N) is 2. The van der Waals surface area contributed by atoms with Crippen molar-refractivity contribution in [1.82, 2.24) is 5.16 Å². The predicted molar refractivity (Wildman–Crippen MR) is 74.8 cm³/mol. The van der Waals surface area contributed by atoms with Gasteiger partial charge in [-0.1, -0.05) is 11.2 Å². The maximum absolute atomic E-state index is 11.6. The number of anilines is 1. The van der Waals surface area contributed by atoms with Crippen LogP contribution in [0.1, 0.15) is 11.5 Å². The first-order valence-electron chi connectivity index (χ1n) is 5.92. The molecule has 8 nitrogen and oxygen atoms in total. The molecular weight excluding hydrogens is 298 g/mol. The van der Waals surface area contributed by atoms with Crippen LogP contribution in [0.15, 0.2) is 33.7 Å². The van der Waals surface area contributed by atoms with E-state index in [0.717, 1.165) is 6.26 Å². The number of benzene rings is 1. The van der Waals surface area contributed by atoms with Crippen LogP contribution >= 0.6 is 0 Å². The molecule has 112 valence electrons. The van der Waals surface area contributed by atoms with Gasteiger partial charge in [-0.15, -0.1) is 0 Å². The minimum Gasteiger partial charge on any atom is -0.372 e. The molecule has 0 fully saturated rings. The number of aryl methyl sites for hydroxylation is 1. The quantitative estimate of drug-likeness (QED) is 0.662. The Morgan fingerprint density at radius 2 is 2.14 bits per heavy atom. The zero-order valence-electron chi connectivity index (χ0n) is 11.4. The van der Waals surface area contributed by atoms with E-state index in [1.165, 1.54) is 18.2 Å². The second-order valence-electron chi connectivity index (χ2n) is 4.47. The molecule has 0 amide bonds. The van der Waals surface area contributed by atoms with Crippen LogP contribution in [-0.4, -0.2) is 24.8 Å². The first-order valence-corrected chi connectivity index (χ1v) is 7.81. The van der Waals surface area contributed by atoms with Crippen LogP contribution in [0.3, 0.4) is 0 Å². The lowest BCUT2D eigenvalue weighted by molar-refractivity contribution is -0.386. The monoisotopic (exact) mass is 311 g/mol. The number of sulfone groups is 1. The summed E-state index contributed by atoms with van der Waals surface area (Å²) in [5.74, 6) is 0.492. The molecule has 1 heterocycles. The van der Waals surface area contributed by atoms with Crippen LogP contribution in [0.5, 0.6) is 0 Å². The average molecular weight is 311 g/mol. The van der Waals surface area contributed by atoms with Crippen LogP contribution in [0, 0.1) is 17.0 Å². The van der Waals surface area contributed by atoms with Crippen molar-refractivity contribution in [1.29, 1.82) is 0 Å². The zero-order valence-corrected chi connectivity index (χ0v) is 12.2. The van der Waals surface area contributed by atoms with E-state index in [-0.39, 0.29) is 17.1 Å². The van der Waals surface area contributed by atoms with Crippen LogP contribution in [0.25, 0.3) is 0 Å². The Morgan fingerprint density at radius 3 is 2.67 bits per heavy atom. The number of aromatic nitrogens is 1. The van der Waals surface area contributed by atoms with E-state index in [4.69, 9.17) is 4.52 Å². The Bertz CT molecular complexity index is 782. The minimum atomic E-state index is -3.70. The molecule has 0 radical (unpaired) electrons. The summed E-state index contributed by atoms with van der Waals surface area (Å²) in [5.41, 5.74) is 0.319. The van der Waals surface area contributed by atoms with Gasteiger partial charge in [0.05, 0.1) is 17.2 Å². The Balaban J connectivity index is 2.37. The lowest BCUT2D eigenvalue weighted by Crippen LogP contribution is -2.07. The normalized spacial score (nSPS) is 11.3. The van der Waals surface area contributed by atoms with Crippen molar-refractivity contribution in [3.8, 4) is 0 Å². The van der Waals surface area contributed by atoms with E-state index in [2.05, 4.69) is 10.5 Å². The van der Waals surface area contributed by atoms with Crippen molar-refractivity contribution < 1.29 is 17.9 Å². The van der Waals surface area contributed by atoms with Crippen LogP contribution < -0.4 is 5.32 Å². The van der Waals surface area contributed by atoms with Crippen molar-refractivity contribution in [2.75, 3.05) is 11.6 Å². The van der Waals surface area contributed by atoms with Crippen molar-refractivity contribution in [2.24, 2.45) is 0 Å². The number of para-hydroxylation sites is 1. The first kappa shape index (κ1) is 15.0. The summed E-state index contributed by atoms with van der Waals surface area (Å²) in [4.78, 5) is 10.1. The Labute approximate surface area is 120 Å². The molecule has 9 heteroatoms. The standard InChI is InChI=1S/C12H13N3O5S/c1-8-6-9(20-14-8)7-13-10-4-3-5-11(21(2,18)19)12(10)15(16)17/h3-6,13H,7H2,1-2H3.